The van der Waals surface area contributed by atoms with Crippen LogP contribution in [0.4, 0.5) is 0 Å². The minimum absolute atomic E-state index is 0.0401. The molecule has 10 nitrogen and oxygen atoms in total. The Labute approximate surface area is 177 Å². The van der Waals surface area contributed by atoms with Gasteiger partial charge in [0, 0.05) is 12.5 Å². The first-order valence-electron chi connectivity index (χ1n) is 9.51. The minimum atomic E-state index is -1.72. The molecule has 3 rings (SSSR count). The highest BCUT2D eigenvalue weighted by Gasteiger charge is 2.45. The predicted molar refractivity (Wildman–Crippen MR) is 105 cm³/mol. The second kappa shape index (κ2) is 9.60. The molecule has 0 spiro atoms. The summed E-state index contributed by atoms with van der Waals surface area (Å²) in [6.07, 6.45) is -9.32. The molecule has 1 aliphatic rings. The van der Waals surface area contributed by atoms with Gasteiger partial charge < -0.3 is 45.2 Å². The quantitative estimate of drug-likeness (QED) is 0.268. The van der Waals surface area contributed by atoms with E-state index in [2.05, 4.69) is 0 Å². The van der Waals surface area contributed by atoms with Gasteiger partial charge in [-0.25, -0.2) is 0 Å². The van der Waals surface area contributed by atoms with E-state index in [1.165, 1.54) is 24.3 Å². The zero-order valence-electron chi connectivity index (χ0n) is 16.3. The fraction of sp³-hybridized carbons (Fsp3) is 0.381. The summed E-state index contributed by atoms with van der Waals surface area (Å²) < 4.78 is 10.8. The molecule has 0 bridgehead atoms. The van der Waals surface area contributed by atoms with Crippen LogP contribution in [0.1, 0.15) is 15.9 Å². The topological polar surface area (TPSA) is 177 Å². The molecule has 0 saturated carbocycles. The number of hydrogen-bond donors (Lipinski definition) is 7. The van der Waals surface area contributed by atoms with Gasteiger partial charge in [0.1, 0.15) is 47.8 Å². The first-order valence-corrected chi connectivity index (χ1v) is 9.51. The number of aromatic hydroxyl groups is 2. The molecule has 0 aliphatic carbocycles. The van der Waals surface area contributed by atoms with Crippen LogP contribution in [-0.4, -0.2) is 84.9 Å². The van der Waals surface area contributed by atoms with Crippen molar-refractivity contribution >= 4 is 5.78 Å². The molecule has 0 amide bonds. The van der Waals surface area contributed by atoms with E-state index in [0.717, 1.165) is 6.07 Å². The molecular formula is C21H24O10. The summed E-state index contributed by atoms with van der Waals surface area (Å²) in [6.45, 7) is -0.665. The molecule has 1 heterocycles. The van der Waals surface area contributed by atoms with Gasteiger partial charge in [-0.15, -0.1) is 0 Å². The summed E-state index contributed by atoms with van der Waals surface area (Å²) >= 11 is 0. The number of aliphatic hydroxyl groups is 5. The lowest BCUT2D eigenvalue weighted by molar-refractivity contribution is -0.277. The molecule has 0 radical (unpaired) electrons. The first-order chi connectivity index (χ1) is 14.7. The van der Waals surface area contributed by atoms with Gasteiger partial charge in [0.05, 0.1) is 12.2 Å². The van der Waals surface area contributed by atoms with Crippen molar-refractivity contribution < 1.29 is 50.0 Å². The van der Waals surface area contributed by atoms with E-state index in [1.807, 2.05) is 0 Å². The Kier molecular flexibility index (Phi) is 7.11. The second-order valence-corrected chi connectivity index (χ2v) is 7.25. The van der Waals surface area contributed by atoms with Crippen molar-refractivity contribution in [2.75, 3.05) is 6.61 Å². The monoisotopic (exact) mass is 436 g/mol. The maximum atomic E-state index is 12.8. The number of benzene rings is 2. The van der Waals surface area contributed by atoms with E-state index in [9.17, 15) is 40.5 Å². The lowest BCUT2D eigenvalue weighted by atomic mass is 9.98. The third kappa shape index (κ3) is 5.13. The molecule has 2 aromatic rings. The van der Waals surface area contributed by atoms with Gasteiger partial charge in [0.2, 0.25) is 6.29 Å². The summed E-state index contributed by atoms with van der Waals surface area (Å²) in [7, 11) is 0. The van der Waals surface area contributed by atoms with Crippen molar-refractivity contribution in [3.05, 3.63) is 53.6 Å². The molecule has 1 saturated heterocycles. The van der Waals surface area contributed by atoms with Crippen LogP contribution in [0.15, 0.2) is 42.5 Å². The van der Waals surface area contributed by atoms with Gasteiger partial charge in [0.25, 0.3) is 0 Å². The molecule has 168 valence electrons. The van der Waals surface area contributed by atoms with Crippen LogP contribution in [0.25, 0.3) is 0 Å². The Hall–Kier alpha value is -2.73. The van der Waals surface area contributed by atoms with Crippen LogP contribution in [0.2, 0.25) is 0 Å². The van der Waals surface area contributed by atoms with Gasteiger partial charge in [-0.3, -0.25) is 4.79 Å². The molecule has 31 heavy (non-hydrogen) atoms. The molecule has 2 aromatic carbocycles. The van der Waals surface area contributed by atoms with Gasteiger partial charge in [-0.1, -0.05) is 12.1 Å². The number of hydrogen-bond acceptors (Lipinski definition) is 10. The average molecular weight is 436 g/mol. The van der Waals surface area contributed by atoms with Crippen LogP contribution in [0.5, 0.6) is 17.2 Å². The lowest BCUT2D eigenvalue weighted by Crippen LogP contribution is -2.60. The molecule has 6 atom stereocenters. The first kappa shape index (κ1) is 22.9. The summed E-state index contributed by atoms with van der Waals surface area (Å²) in [5.41, 5.74) is 0.467. The number of rotatable bonds is 7. The average Bonchev–Trinajstić information content (AvgIpc) is 2.75. The molecule has 1 aliphatic heterocycles. The number of phenolic OH excluding ortho intramolecular Hbond substituents is 2. The summed E-state index contributed by atoms with van der Waals surface area (Å²) in [6, 6.07) is 9.43. The van der Waals surface area contributed by atoms with Crippen molar-refractivity contribution in [3.63, 3.8) is 0 Å². The highest BCUT2D eigenvalue weighted by Crippen LogP contribution is 2.30. The highest BCUT2D eigenvalue weighted by atomic mass is 16.7. The van der Waals surface area contributed by atoms with Crippen molar-refractivity contribution in [3.8, 4) is 17.2 Å². The number of Topliss-reactive ketones (excluding diaryl/α,β-unsaturated/α-hetero) is 1. The van der Waals surface area contributed by atoms with E-state index < -0.39 is 49.2 Å². The molecular weight excluding hydrogens is 412 g/mol. The fourth-order valence-corrected chi connectivity index (χ4v) is 3.23. The highest BCUT2D eigenvalue weighted by molar-refractivity contribution is 6.02. The molecule has 1 fully saturated rings. The van der Waals surface area contributed by atoms with E-state index in [-0.39, 0.29) is 29.2 Å². The molecule has 10 heteroatoms. The Bertz CT molecular complexity index is 898. The normalized spacial score (nSPS) is 26.9. The third-order valence-corrected chi connectivity index (χ3v) is 4.99. The number of aliphatic hydroxyl groups excluding tert-OH is 5. The van der Waals surface area contributed by atoms with E-state index in [4.69, 9.17) is 9.47 Å². The van der Waals surface area contributed by atoms with Crippen LogP contribution < -0.4 is 4.74 Å². The second-order valence-electron chi connectivity index (χ2n) is 7.25. The minimum Gasteiger partial charge on any atom is -0.508 e. The third-order valence-electron chi connectivity index (χ3n) is 4.99. The maximum absolute atomic E-state index is 12.8. The Balaban J connectivity index is 1.81. The van der Waals surface area contributed by atoms with Gasteiger partial charge >= 0.3 is 0 Å². The number of ketones is 1. The largest absolute Gasteiger partial charge is 0.508 e. The zero-order chi connectivity index (χ0) is 22.7. The van der Waals surface area contributed by atoms with E-state index >= 15 is 0 Å². The van der Waals surface area contributed by atoms with Crippen LogP contribution in [0.3, 0.4) is 0 Å². The number of carbonyl (C=O) groups excluding carboxylic acids is 1. The Morgan fingerprint density at radius 3 is 2.26 bits per heavy atom. The van der Waals surface area contributed by atoms with Gasteiger partial charge in [0.15, 0.2) is 5.78 Å². The lowest BCUT2D eigenvalue weighted by Gasteiger charge is -2.39. The van der Waals surface area contributed by atoms with Crippen LogP contribution in [0, 0.1) is 0 Å². The molecule has 1 unspecified atom stereocenters. The zero-order valence-corrected chi connectivity index (χ0v) is 16.3. The Morgan fingerprint density at radius 1 is 0.968 bits per heavy atom. The van der Waals surface area contributed by atoms with Crippen molar-refractivity contribution in [2.24, 2.45) is 0 Å². The number of phenols is 2. The van der Waals surface area contributed by atoms with Crippen LogP contribution >= 0.6 is 0 Å². The SMILES string of the molecule is O=C(c1ccc(O)cc1O[C@@H]1O[C@H](CO)[C@@H](O)[C@H](O)[C@H]1O)C(O)Cc1ccc(O)cc1. The summed E-state index contributed by atoms with van der Waals surface area (Å²) in [4.78, 5) is 12.8. The number of ether oxygens (including phenoxy) is 2. The number of carbonyl (C=O) groups is 1. The Morgan fingerprint density at radius 2 is 1.61 bits per heavy atom. The van der Waals surface area contributed by atoms with E-state index in [0.29, 0.717) is 5.56 Å². The van der Waals surface area contributed by atoms with E-state index in [1.54, 1.807) is 12.1 Å². The fourth-order valence-electron chi connectivity index (χ4n) is 3.23. The van der Waals surface area contributed by atoms with Crippen molar-refractivity contribution in [2.45, 2.75) is 43.2 Å². The maximum Gasteiger partial charge on any atom is 0.229 e. The van der Waals surface area contributed by atoms with Crippen molar-refractivity contribution in [1.29, 1.82) is 0 Å². The van der Waals surface area contributed by atoms with Gasteiger partial charge in [-0.05, 0) is 29.8 Å². The smallest absolute Gasteiger partial charge is 0.229 e. The van der Waals surface area contributed by atoms with Crippen LogP contribution in [-0.2, 0) is 11.2 Å². The predicted octanol–water partition coefficient (Wildman–Crippen LogP) is -0.937. The van der Waals surface area contributed by atoms with Gasteiger partial charge in [-0.2, -0.15) is 0 Å². The molecule has 0 aromatic heterocycles. The standard InChI is InChI=1S/C21H24O10/c22-9-16-18(27)19(28)20(29)21(31-16)30-15-8-12(24)5-6-13(15)17(26)14(25)7-10-1-3-11(23)4-2-10/h1-6,8,14,16,18-25,27-29H,7,9H2/t14?,16-,18-,19+,20-,21-/m1/s1. The molecule has 7 N–H and O–H groups in total. The summed E-state index contributed by atoms with van der Waals surface area (Å²) in [5, 5.41) is 68.7. The van der Waals surface area contributed by atoms with Crippen molar-refractivity contribution in [1.82, 2.24) is 0 Å². The summed E-state index contributed by atoms with van der Waals surface area (Å²) in [5.74, 6) is -1.21.